The monoisotopic (exact) mass is 474 g/mol. The first-order valence-electron chi connectivity index (χ1n) is 8.26. The van der Waals surface area contributed by atoms with E-state index in [4.69, 9.17) is 4.74 Å². The maximum atomic E-state index is 13.2. The Morgan fingerprint density at radius 2 is 2.08 bits per heavy atom. The molecule has 1 aliphatic rings. The summed E-state index contributed by atoms with van der Waals surface area (Å²) >= 11 is 0. The second kappa shape index (κ2) is 9.26. The van der Waals surface area contributed by atoms with Crippen molar-refractivity contribution >= 4 is 29.9 Å². The Hall–Kier alpha value is -1.75. The van der Waals surface area contributed by atoms with E-state index in [1.54, 1.807) is 25.5 Å². The smallest absolute Gasteiger partial charge is 0.194 e. The van der Waals surface area contributed by atoms with E-state index in [0.29, 0.717) is 13.1 Å². The molecule has 0 spiro atoms. The fourth-order valence-electron chi connectivity index (χ4n) is 2.94. The molecule has 7 nitrogen and oxygen atoms in total. The third-order valence-corrected chi connectivity index (χ3v) is 4.22. The fourth-order valence-corrected chi connectivity index (χ4v) is 2.94. The molecule has 1 saturated heterocycles. The highest BCUT2D eigenvalue weighted by Crippen LogP contribution is 2.25. The molecule has 2 atom stereocenters. The van der Waals surface area contributed by atoms with Gasteiger partial charge in [0.05, 0.1) is 19.2 Å². The van der Waals surface area contributed by atoms with Gasteiger partial charge >= 0.3 is 0 Å². The predicted octanol–water partition coefficient (Wildman–Crippen LogP) is 2.11. The summed E-state index contributed by atoms with van der Waals surface area (Å²) in [4.78, 5) is 6.53. The zero-order valence-corrected chi connectivity index (χ0v) is 17.4. The van der Waals surface area contributed by atoms with Gasteiger partial charge in [0.1, 0.15) is 18.2 Å². The summed E-state index contributed by atoms with van der Waals surface area (Å²) in [5.74, 6) is 1.37. The van der Waals surface area contributed by atoms with E-state index < -0.39 is 0 Å². The number of guanidine groups is 1. The van der Waals surface area contributed by atoms with E-state index in [1.807, 2.05) is 18.5 Å². The minimum absolute atomic E-state index is 0. The maximum Gasteiger partial charge on any atom is 0.194 e. The first-order valence-corrected chi connectivity index (χ1v) is 8.26. The van der Waals surface area contributed by atoms with Crippen molar-refractivity contribution in [2.24, 2.45) is 12.0 Å². The molecule has 26 heavy (non-hydrogen) atoms. The largest absolute Gasteiger partial charge is 0.367 e. The molecule has 0 bridgehead atoms. The number of halogens is 2. The Morgan fingerprint density at radius 3 is 2.69 bits per heavy atom. The zero-order chi connectivity index (χ0) is 17.8. The average Bonchev–Trinajstić information content (AvgIpc) is 3.01. The summed E-state index contributed by atoms with van der Waals surface area (Å²) in [5, 5.41) is 11.3. The van der Waals surface area contributed by atoms with E-state index in [2.05, 4.69) is 25.4 Å². The van der Waals surface area contributed by atoms with Crippen LogP contribution in [0.1, 0.15) is 24.4 Å². The molecule has 3 rings (SSSR count). The number of nitrogens with zero attached hydrogens (tertiary/aromatic N) is 5. The minimum Gasteiger partial charge on any atom is -0.367 e. The van der Waals surface area contributed by atoms with Crippen molar-refractivity contribution in [3.8, 4) is 0 Å². The molecular formula is C17H24FIN6O. The van der Waals surface area contributed by atoms with Gasteiger partial charge in [-0.05, 0) is 24.6 Å². The fraction of sp³-hybridized carbons (Fsp3) is 0.471. The topological polar surface area (TPSA) is 67.6 Å². The third-order valence-electron chi connectivity index (χ3n) is 4.22. The highest BCUT2D eigenvalue weighted by molar-refractivity contribution is 14.0. The van der Waals surface area contributed by atoms with Crippen LogP contribution in [0.15, 0.2) is 35.6 Å². The van der Waals surface area contributed by atoms with Crippen LogP contribution in [0, 0.1) is 5.82 Å². The van der Waals surface area contributed by atoms with Gasteiger partial charge < -0.3 is 19.5 Å². The van der Waals surface area contributed by atoms with Gasteiger partial charge in [-0.25, -0.2) is 4.39 Å². The number of aliphatic imine (C=N–C) groups is 1. The molecule has 0 aliphatic carbocycles. The van der Waals surface area contributed by atoms with Crippen LogP contribution in [-0.2, 0) is 18.3 Å². The number of morpholine rings is 1. The Morgan fingerprint density at radius 1 is 1.35 bits per heavy atom. The normalized spacial score (nSPS) is 20.6. The average molecular weight is 474 g/mol. The van der Waals surface area contributed by atoms with Crippen LogP contribution in [0.25, 0.3) is 0 Å². The summed E-state index contributed by atoms with van der Waals surface area (Å²) in [6.07, 6.45) is 1.58. The van der Waals surface area contributed by atoms with Crippen LogP contribution < -0.4 is 5.32 Å². The van der Waals surface area contributed by atoms with Crippen LogP contribution >= 0.6 is 24.0 Å². The van der Waals surface area contributed by atoms with Crippen LogP contribution in [0.4, 0.5) is 4.39 Å². The Bertz CT molecular complexity index is 735. The van der Waals surface area contributed by atoms with Crippen molar-refractivity contribution < 1.29 is 9.13 Å². The number of aromatic nitrogens is 3. The van der Waals surface area contributed by atoms with E-state index in [0.717, 1.165) is 23.9 Å². The highest BCUT2D eigenvalue weighted by Gasteiger charge is 2.28. The molecule has 2 aromatic rings. The second-order valence-corrected chi connectivity index (χ2v) is 6.15. The minimum atomic E-state index is -0.245. The van der Waals surface area contributed by atoms with E-state index in [-0.39, 0.29) is 42.0 Å². The highest BCUT2D eigenvalue weighted by atomic mass is 127. The zero-order valence-electron chi connectivity index (χ0n) is 15.1. The van der Waals surface area contributed by atoms with Gasteiger partial charge in [0.15, 0.2) is 11.8 Å². The van der Waals surface area contributed by atoms with Crippen LogP contribution in [0.3, 0.4) is 0 Å². The molecule has 2 unspecified atom stereocenters. The van der Waals surface area contributed by atoms with Gasteiger partial charge in [0, 0.05) is 20.6 Å². The van der Waals surface area contributed by atoms with Gasteiger partial charge in [-0.2, -0.15) is 0 Å². The number of hydrogen-bond donors (Lipinski definition) is 1. The summed E-state index contributed by atoms with van der Waals surface area (Å²) in [6.45, 7) is 3.94. The van der Waals surface area contributed by atoms with E-state index in [9.17, 15) is 4.39 Å². The molecule has 0 radical (unpaired) electrons. The number of nitrogens with one attached hydrogen (secondary N) is 1. The van der Waals surface area contributed by atoms with Crippen molar-refractivity contribution in [2.75, 3.05) is 20.1 Å². The Kier molecular flexibility index (Phi) is 7.33. The lowest BCUT2D eigenvalue weighted by Crippen LogP contribution is -2.50. The lowest BCUT2D eigenvalue weighted by atomic mass is 10.1. The number of aryl methyl sites for hydroxylation is 1. The molecule has 1 aliphatic heterocycles. The van der Waals surface area contributed by atoms with Gasteiger partial charge in [0.2, 0.25) is 0 Å². The van der Waals surface area contributed by atoms with Crippen LogP contribution in [-0.4, -0.2) is 51.9 Å². The Balaban J connectivity index is 0.00000243. The molecule has 0 saturated carbocycles. The van der Waals surface area contributed by atoms with Gasteiger partial charge in [-0.3, -0.25) is 4.99 Å². The molecule has 1 aromatic heterocycles. The van der Waals surface area contributed by atoms with Crippen LogP contribution in [0.5, 0.6) is 0 Å². The SMILES string of the molecule is CN=C(NCc1nncn1C)N1CC(C)OC(c2ccc(F)cc2)C1.I. The van der Waals surface area contributed by atoms with Crippen molar-refractivity contribution in [1.29, 1.82) is 0 Å². The standard InChI is InChI=1S/C17H23FN6O.HI/c1-12-9-24(10-15(25-12)13-4-6-14(18)7-5-13)17(19-2)20-8-16-22-21-11-23(16)3;/h4-7,11-12,15H,8-10H2,1-3H3,(H,19,20);1H. The molecule has 1 aromatic carbocycles. The lowest BCUT2D eigenvalue weighted by Gasteiger charge is -2.38. The molecule has 1 fully saturated rings. The lowest BCUT2D eigenvalue weighted by molar-refractivity contribution is -0.0605. The first-order chi connectivity index (χ1) is 12.1. The molecule has 0 amide bonds. The third kappa shape index (κ3) is 4.91. The van der Waals surface area contributed by atoms with Crippen molar-refractivity contribution in [3.63, 3.8) is 0 Å². The second-order valence-electron chi connectivity index (χ2n) is 6.15. The van der Waals surface area contributed by atoms with Gasteiger partial charge in [-0.15, -0.1) is 34.2 Å². The predicted molar refractivity (Wildman–Crippen MR) is 108 cm³/mol. The maximum absolute atomic E-state index is 13.2. The molecule has 142 valence electrons. The molecule has 2 heterocycles. The van der Waals surface area contributed by atoms with E-state index >= 15 is 0 Å². The summed E-state index contributed by atoms with van der Waals surface area (Å²) in [6, 6.07) is 6.46. The van der Waals surface area contributed by atoms with E-state index in [1.165, 1.54) is 12.1 Å². The summed E-state index contributed by atoms with van der Waals surface area (Å²) in [5.41, 5.74) is 0.960. The molecule has 1 N–H and O–H groups in total. The van der Waals surface area contributed by atoms with Crippen molar-refractivity contribution in [2.45, 2.75) is 25.7 Å². The van der Waals surface area contributed by atoms with Crippen molar-refractivity contribution in [1.82, 2.24) is 25.0 Å². The van der Waals surface area contributed by atoms with Crippen molar-refractivity contribution in [3.05, 3.63) is 47.8 Å². The first kappa shape index (κ1) is 20.6. The number of hydrogen-bond acceptors (Lipinski definition) is 4. The Labute approximate surface area is 169 Å². The summed E-state index contributed by atoms with van der Waals surface area (Å²) in [7, 11) is 3.66. The summed E-state index contributed by atoms with van der Waals surface area (Å²) < 4.78 is 21.1. The molecule has 9 heteroatoms. The van der Waals surface area contributed by atoms with Gasteiger partial charge in [-0.1, -0.05) is 12.1 Å². The van der Waals surface area contributed by atoms with Gasteiger partial charge in [0.25, 0.3) is 0 Å². The number of benzene rings is 1. The number of rotatable bonds is 3. The molecular weight excluding hydrogens is 450 g/mol. The van der Waals surface area contributed by atoms with Crippen LogP contribution in [0.2, 0.25) is 0 Å². The quantitative estimate of drug-likeness (QED) is 0.420. The number of ether oxygens (including phenoxy) is 1.